The third-order valence-electron chi connectivity index (χ3n) is 15.5. The number of piperidine rings is 2. The van der Waals surface area contributed by atoms with Crippen LogP contribution in [-0.4, -0.2) is 102 Å². The number of anilines is 2. The summed E-state index contributed by atoms with van der Waals surface area (Å²) in [6.07, 6.45) is 10.2. The maximum absolute atomic E-state index is 13.4. The average Bonchev–Trinajstić information content (AvgIpc) is 3.65. The number of fused-ring (bicyclic) bond motifs is 2. The van der Waals surface area contributed by atoms with Gasteiger partial charge in [0.05, 0.1) is 0 Å². The zero-order valence-corrected chi connectivity index (χ0v) is 36.0. The maximum atomic E-state index is 13.4. The van der Waals surface area contributed by atoms with Gasteiger partial charge in [-0.1, -0.05) is 67.4 Å². The molecule has 4 aliphatic heterocycles. The van der Waals surface area contributed by atoms with E-state index in [-0.39, 0.29) is 30.1 Å². The van der Waals surface area contributed by atoms with Crippen molar-refractivity contribution in [3.63, 3.8) is 0 Å². The third-order valence-corrected chi connectivity index (χ3v) is 15.5. The molecule has 3 N–H and O–H groups in total. The minimum Gasteiger partial charge on any atom is -0.508 e. The molecule has 0 radical (unpaired) electrons. The predicted molar refractivity (Wildman–Crippen MR) is 244 cm³/mol. The minimum atomic E-state index is -0.598. The Morgan fingerprint density at radius 2 is 1.48 bits per heavy atom. The number of amides is 3. The highest BCUT2D eigenvalue weighted by atomic mass is 16.3. The van der Waals surface area contributed by atoms with Gasteiger partial charge in [-0.25, -0.2) is 0 Å². The lowest BCUT2D eigenvalue weighted by molar-refractivity contribution is -0.136. The van der Waals surface area contributed by atoms with Crippen LogP contribution in [0.5, 0.6) is 5.75 Å². The molecule has 2 aliphatic carbocycles. The van der Waals surface area contributed by atoms with Gasteiger partial charge >= 0.3 is 0 Å². The minimum absolute atomic E-state index is 0.118. The number of phenols is 1. The molecule has 0 bridgehead atoms. The van der Waals surface area contributed by atoms with Crippen molar-refractivity contribution in [1.29, 1.82) is 0 Å². The van der Waals surface area contributed by atoms with Crippen LogP contribution >= 0.6 is 0 Å². The summed E-state index contributed by atoms with van der Waals surface area (Å²) in [5, 5.41) is 16.5. The molecule has 10 heteroatoms. The van der Waals surface area contributed by atoms with Crippen molar-refractivity contribution in [2.45, 2.75) is 94.7 Å². The number of carbonyl (C=O) groups is 3. The van der Waals surface area contributed by atoms with Crippen LogP contribution in [0.3, 0.4) is 0 Å². The summed E-state index contributed by atoms with van der Waals surface area (Å²) < 4.78 is 0. The van der Waals surface area contributed by atoms with Crippen molar-refractivity contribution < 1.29 is 19.5 Å². The van der Waals surface area contributed by atoms with E-state index in [1.165, 1.54) is 86.1 Å². The molecule has 6 aliphatic rings. The molecule has 0 aromatic heterocycles. The Morgan fingerprint density at radius 3 is 2.26 bits per heavy atom. The van der Waals surface area contributed by atoms with Crippen LogP contribution in [0, 0.1) is 11.8 Å². The molecule has 5 atom stereocenters. The zero-order valence-electron chi connectivity index (χ0n) is 36.0. The molecule has 4 fully saturated rings. The number of aryl methyl sites for hydroxylation is 1. The van der Waals surface area contributed by atoms with Crippen molar-refractivity contribution in [2.75, 3.05) is 62.6 Å². The molecule has 1 unspecified atom stereocenters. The SMILES string of the molecule is O=C1CCC(N2Cc3c(NC[C@H]4CCCC[C@@H]4CN4CCC(N5CCN(c6ccc([C@@H]7c8ccc(O)cc8CC[C@@H]7c7ccccc7)cc6)CC5)CC4)cccc3C2=O)C(=O)N1. The number of phenolic OH excluding ortho intramolecular Hbond substituents is 1. The molecule has 0 spiro atoms. The first-order valence-corrected chi connectivity index (χ1v) is 23.5. The number of rotatable bonds is 10. The lowest BCUT2D eigenvalue weighted by Gasteiger charge is -2.44. The quantitative estimate of drug-likeness (QED) is 0.141. The topological polar surface area (TPSA) is 108 Å². The smallest absolute Gasteiger partial charge is 0.255 e. The fourth-order valence-corrected chi connectivity index (χ4v) is 12.1. The molecular weight excluding hydrogens is 773 g/mol. The van der Waals surface area contributed by atoms with Crippen LogP contribution < -0.4 is 15.5 Å². The number of likely N-dealkylation sites (tertiary alicyclic amines) is 1. The van der Waals surface area contributed by atoms with E-state index >= 15 is 0 Å². The highest BCUT2D eigenvalue weighted by Crippen LogP contribution is 2.47. The van der Waals surface area contributed by atoms with Gasteiger partial charge in [-0.05, 0) is 134 Å². The van der Waals surface area contributed by atoms with E-state index in [1.54, 1.807) is 4.90 Å². The number of benzene rings is 4. The Bertz CT molecular complexity index is 2250. The molecular formula is C52H62N6O4. The van der Waals surface area contributed by atoms with Crippen LogP contribution in [0.1, 0.15) is 108 Å². The number of hydrogen-bond donors (Lipinski definition) is 3. The third kappa shape index (κ3) is 8.36. The van der Waals surface area contributed by atoms with E-state index < -0.39 is 6.04 Å². The second-order valence-corrected chi connectivity index (χ2v) is 19.0. The number of nitrogens with one attached hydrogen (secondary N) is 2. The summed E-state index contributed by atoms with van der Waals surface area (Å²) in [6.45, 7) is 9.13. The summed E-state index contributed by atoms with van der Waals surface area (Å²) in [5.74, 6) is 1.53. The Labute approximate surface area is 366 Å². The van der Waals surface area contributed by atoms with E-state index in [2.05, 4.69) is 92.1 Å². The molecule has 10 nitrogen and oxygen atoms in total. The molecule has 324 valence electrons. The first kappa shape index (κ1) is 40.9. The first-order valence-electron chi connectivity index (χ1n) is 23.5. The van der Waals surface area contributed by atoms with Gasteiger partial charge in [-0.15, -0.1) is 0 Å². The van der Waals surface area contributed by atoms with Gasteiger partial charge in [-0.3, -0.25) is 24.6 Å². The number of hydrogen-bond acceptors (Lipinski definition) is 8. The van der Waals surface area contributed by atoms with Gasteiger partial charge in [-0.2, -0.15) is 0 Å². The molecule has 3 amide bonds. The summed E-state index contributed by atoms with van der Waals surface area (Å²) in [6, 6.07) is 32.3. The van der Waals surface area contributed by atoms with E-state index in [1.807, 2.05) is 24.3 Å². The Balaban J connectivity index is 0.708. The number of imide groups is 1. The standard InChI is InChI=1S/C52H62N6O4/c59-42-18-20-44-37(31-42)15-19-43(35-7-2-1-3-8-35)50(44)36-13-16-40(17-14-36)56-27-29-57(30-28-56)41-23-25-55(26-24-41)33-39-10-5-4-9-38(39)32-53-47-12-6-11-45-46(47)34-58(52(45)62)48-21-22-49(60)54-51(48)61/h1-3,6-8,11-14,16-18,20,31,38-39,41,43,48,50,53,59H,4-5,9-10,15,19,21-30,32-34H2,(H,54,60,61)/t38-,39-,43-,48?,50+/m1/s1. The van der Waals surface area contributed by atoms with Crippen molar-refractivity contribution in [1.82, 2.24) is 20.0 Å². The highest BCUT2D eigenvalue weighted by molar-refractivity contribution is 6.06. The van der Waals surface area contributed by atoms with Crippen LogP contribution in [0.15, 0.2) is 91.0 Å². The Morgan fingerprint density at radius 1 is 0.710 bits per heavy atom. The van der Waals surface area contributed by atoms with Crippen LogP contribution in [0.25, 0.3) is 0 Å². The van der Waals surface area contributed by atoms with E-state index in [0.717, 1.165) is 56.8 Å². The summed E-state index contributed by atoms with van der Waals surface area (Å²) >= 11 is 0. The second-order valence-electron chi connectivity index (χ2n) is 19.0. The fourth-order valence-electron chi connectivity index (χ4n) is 12.1. The van der Waals surface area contributed by atoms with Crippen molar-refractivity contribution in [3.05, 3.63) is 124 Å². The largest absolute Gasteiger partial charge is 0.508 e. The van der Waals surface area contributed by atoms with Gasteiger partial charge in [0.15, 0.2) is 0 Å². The summed E-state index contributed by atoms with van der Waals surface area (Å²) in [4.78, 5) is 47.5. The molecule has 62 heavy (non-hydrogen) atoms. The first-order chi connectivity index (χ1) is 30.4. The summed E-state index contributed by atoms with van der Waals surface area (Å²) in [5.41, 5.74) is 9.32. The molecule has 3 saturated heterocycles. The number of piperazine rings is 1. The Hall–Kier alpha value is -5.19. The van der Waals surface area contributed by atoms with Crippen LogP contribution in [-0.2, 0) is 22.6 Å². The van der Waals surface area contributed by atoms with Gasteiger partial charge in [0.1, 0.15) is 11.8 Å². The van der Waals surface area contributed by atoms with Gasteiger partial charge in [0, 0.05) is 86.7 Å². The molecule has 1 saturated carbocycles. The molecule has 10 rings (SSSR count). The van der Waals surface area contributed by atoms with Gasteiger partial charge < -0.3 is 25.1 Å². The monoisotopic (exact) mass is 834 g/mol. The fraction of sp³-hybridized carbons (Fsp3) is 0.481. The average molecular weight is 835 g/mol. The van der Waals surface area contributed by atoms with E-state index in [4.69, 9.17) is 0 Å². The molecule has 4 aromatic carbocycles. The second kappa shape index (κ2) is 17.9. The van der Waals surface area contributed by atoms with Crippen molar-refractivity contribution in [3.8, 4) is 5.75 Å². The predicted octanol–water partition coefficient (Wildman–Crippen LogP) is 7.52. The normalized spacial score (nSPS) is 26.3. The van der Waals surface area contributed by atoms with Crippen LogP contribution in [0.4, 0.5) is 11.4 Å². The number of carbonyl (C=O) groups excluding carboxylic acids is 3. The zero-order chi connectivity index (χ0) is 42.2. The highest BCUT2D eigenvalue weighted by Gasteiger charge is 2.40. The van der Waals surface area contributed by atoms with Crippen molar-refractivity contribution in [2.24, 2.45) is 11.8 Å². The number of nitrogens with zero attached hydrogens (tertiary/aromatic N) is 4. The van der Waals surface area contributed by atoms with Crippen molar-refractivity contribution >= 4 is 29.1 Å². The van der Waals surface area contributed by atoms with E-state index in [0.29, 0.717) is 48.1 Å². The number of aromatic hydroxyl groups is 1. The van der Waals surface area contributed by atoms with Gasteiger partial charge in [0.2, 0.25) is 11.8 Å². The molecule has 4 aromatic rings. The van der Waals surface area contributed by atoms with E-state index in [9.17, 15) is 19.5 Å². The maximum Gasteiger partial charge on any atom is 0.255 e. The summed E-state index contributed by atoms with van der Waals surface area (Å²) in [7, 11) is 0. The lowest BCUT2D eigenvalue weighted by atomic mass is 9.69. The van der Waals surface area contributed by atoms with Gasteiger partial charge in [0.25, 0.3) is 5.91 Å². The van der Waals surface area contributed by atoms with Crippen LogP contribution in [0.2, 0.25) is 0 Å². The lowest BCUT2D eigenvalue weighted by Crippen LogP contribution is -2.53. The molecule has 4 heterocycles. The Kier molecular flexibility index (Phi) is 11.8.